The van der Waals surface area contributed by atoms with Gasteiger partial charge in [0.15, 0.2) is 5.69 Å². The lowest BCUT2D eigenvalue weighted by Gasteiger charge is -2.35. The van der Waals surface area contributed by atoms with E-state index in [0.717, 1.165) is 18.4 Å². The van der Waals surface area contributed by atoms with Gasteiger partial charge in [-0.25, -0.2) is 14.5 Å². The zero-order chi connectivity index (χ0) is 38.7. The molecule has 4 amide bonds. The standard InChI is InChI=1S/C39H45FN8O7/c1-25(49)44-34-22-28(27-8-16-54-17-9-27)23-43-36(34)38(52)42-11-19-55-18-10-41-24-35(50)47-12-14-48(15-13-47)39(53)31-20-26(6-7-32(31)40)21-33-29-4-2-3-5-30(29)37(51)46-45-33/h2-7,20,22-23,27,41H,8-19,21,24H2,1H3,(H,42,52)(H,44,49)(H,46,51). The quantitative estimate of drug-likeness (QED) is 0.139. The summed E-state index contributed by atoms with van der Waals surface area (Å²) in [5.41, 5.74) is 2.37. The van der Waals surface area contributed by atoms with Crippen LogP contribution in [0.5, 0.6) is 0 Å². The minimum absolute atomic E-state index is 0.0570. The Kier molecular flexibility index (Phi) is 13.3. The van der Waals surface area contributed by atoms with Crippen LogP contribution in [0.1, 0.15) is 63.4 Å². The molecule has 4 aromatic rings. The Balaban J connectivity index is 0.887. The maximum Gasteiger partial charge on any atom is 0.272 e. The summed E-state index contributed by atoms with van der Waals surface area (Å²) in [4.78, 5) is 70.6. The molecule has 0 unspecified atom stereocenters. The number of amides is 4. The van der Waals surface area contributed by atoms with Crippen molar-refractivity contribution >= 4 is 40.1 Å². The Morgan fingerprint density at radius 3 is 2.45 bits per heavy atom. The molecule has 2 aromatic heterocycles. The number of nitrogens with zero attached hydrogens (tertiary/aromatic N) is 4. The van der Waals surface area contributed by atoms with Crippen LogP contribution in [0, 0.1) is 5.82 Å². The molecule has 290 valence electrons. The molecule has 2 aliphatic heterocycles. The molecule has 0 bridgehead atoms. The van der Waals surface area contributed by atoms with Crippen LogP contribution < -0.4 is 21.5 Å². The number of carbonyl (C=O) groups excluding carboxylic acids is 4. The third-order valence-electron chi connectivity index (χ3n) is 9.69. The van der Waals surface area contributed by atoms with Crippen molar-refractivity contribution in [2.45, 2.75) is 32.1 Å². The van der Waals surface area contributed by atoms with Crippen LogP contribution >= 0.6 is 0 Å². The van der Waals surface area contributed by atoms with Crippen LogP contribution in [0.15, 0.2) is 59.5 Å². The number of nitrogens with one attached hydrogen (secondary N) is 4. The maximum atomic E-state index is 14.9. The molecule has 0 spiro atoms. The largest absolute Gasteiger partial charge is 0.381 e. The van der Waals surface area contributed by atoms with Gasteiger partial charge in [-0.15, -0.1) is 0 Å². The Hall–Kier alpha value is -5.58. The number of hydrogen-bond donors (Lipinski definition) is 4. The smallest absolute Gasteiger partial charge is 0.272 e. The number of pyridine rings is 1. The van der Waals surface area contributed by atoms with E-state index in [2.05, 4.69) is 31.1 Å². The van der Waals surface area contributed by atoms with Gasteiger partial charge in [0.2, 0.25) is 11.8 Å². The second kappa shape index (κ2) is 18.6. The van der Waals surface area contributed by atoms with Crippen LogP contribution in [-0.2, 0) is 25.5 Å². The Morgan fingerprint density at radius 1 is 0.964 bits per heavy atom. The van der Waals surface area contributed by atoms with Gasteiger partial charge in [0.1, 0.15) is 5.82 Å². The number of rotatable bonds is 14. The highest BCUT2D eigenvalue weighted by Crippen LogP contribution is 2.29. The highest BCUT2D eigenvalue weighted by Gasteiger charge is 2.27. The van der Waals surface area contributed by atoms with E-state index in [4.69, 9.17) is 9.47 Å². The number of hydrogen-bond acceptors (Lipinski definition) is 10. The summed E-state index contributed by atoms with van der Waals surface area (Å²) >= 11 is 0. The lowest BCUT2D eigenvalue weighted by Crippen LogP contribution is -2.52. The number of halogens is 1. The number of carbonyl (C=O) groups is 4. The van der Waals surface area contributed by atoms with Gasteiger partial charge in [-0.1, -0.05) is 24.3 Å². The van der Waals surface area contributed by atoms with Gasteiger partial charge in [0, 0.05) is 77.4 Å². The molecule has 6 rings (SSSR count). The van der Waals surface area contributed by atoms with Gasteiger partial charge in [-0.05, 0) is 54.2 Å². The molecule has 0 atom stereocenters. The summed E-state index contributed by atoms with van der Waals surface area (Å²) in [6, 6.07) is 13.3. The summed E-state index contributed by atoms with van der Waals surface area (Å²) in [7, 11) is 0. The molecule has 2 aliphatic rings. The summed E-state index contributed by atoms with van der Waals surface area (Å²) in [6.07, 6.45) is 3.68. The number of fused-ring (bicyclic) bond motifs is 1. The lowest BCUT2D eigenvalue weighted by molar-refractivity contribution is -0.131. The van der Waals surface area contributed by atoms with Gasteiger partial charge in [-0.3, -0.25) is 24.0 Å². The van der Waals surface area contributed by atoms with Crippen LogP contribution in [0.4, 0.5) is 10.1 Å². The minimum atomic E-state index is -0.635. The van der Waals surface area contributed by atoms with Crippen molar-refractivity contribution in [1.82, 2.24) is 35.6 Å². The predicted octanol–water partition coefficient (Wildman–Crippen LogP) is 2.22. The van der Waals surface area contributed by atoms with E-state index in [1.165, 1.54) is 19.1 Å². The number of H-pyrrole nitrogens is 1. The average Bonchev–Trinajstić information content (AvgIpc) is 3.20. The van der Waals surface area contributed by atoms with Gasteiger partial charge in [-0.2, -0.15) is 5.10 Å². The molecule has 2 saturated heterocycles. The molecule has 0 saturated carbocycles. The average molecular weight is 757 g/mol. The Morgan fingerprint density at radius 2 is 1.69 bits per heavy atom. The van der Waals surface area contributed by atoms with E-state index in [1.807, 2.05) is 12.1 Å². The first-order valence-corrected chi connectivity index (χ1v) is 18.4. The van der Waals surface area contributed by atoms with Crippen molar-refractivity contribution in [3.8, 4) is 0 Å². The van der Waals surface area contributed by atoms with E-state index in [1.54, 1.807) is 40.3 Å². The number of piperazine rings is 1. The number of aromatic nitrogens is 3. The third kappa shape index (κ3) is 10.1. The van der Waals surface area contributed by atoms with E-state index in [9.17, 15) is 28.4 Å². The van der Waals surface area contributed by atoms with Crippen LogP contribution in [0.3, 0.4) is 0 Å². The molecule has 4 N–H and O–H groups in total. The number of anilines is 1. The molecular formula is C39H45FN8O7. The van der Waals surface area contributed by atoms with E-state index < -0.39 is 17.6 Å². The normalized spacial score (nSPS) is 14.9. The van der Waals surface area contributed by atoms with Crippen LogP contribution in [0.2, 0.25) is 0 Å². The number of benzene rings is 2. The number of ether oxygens (including phenoxy) is 2. The Labute approximate surface area is 317 Å². The highest BCUT2D eigenvalue weighted by molar-refractivity contribution is 6.02. The van der Waals surface area contributed by atoms with Gasteiger partial charge < -0.3 is 35.2 Å². The fourth-order valence-electron chi connectivity index (χ4n) is 6.75. The zero-order valence-electron chi connectivity index (χ0n) is 30.7. The molecular weight excluding hydrogens is 711 g/mol. The van der Waals surface area contributed by atoms with E-state index in [0.29, 0.717) is 73.6 Å². The molecule has 15 nitrogen and oxygen atoms in total. The first-order valence-electron chi connectivity index (χ1n) is 18.4. The minimum Gasteiger partial charge on any atom is -0.381 e. The molecule has 55 heavy (non-hydrogen) atoms. The SMILES string of the molecule is CC(=O)Nc1cc(C2CCOCC2)cnc1C(=O)NCCOCCNCC(=O)N1CCN(C(=O)c2cc(Cc3n[nH]c(=O)c4ccccc34)ccc2F)CC1. The molecule has 0 aliphatic carbocycles. The molecule has 2 aromatic carbocycles. The molecule has 16 heteroatoms. The van der Waals surface area contributed by atoms with Crippen molar-refractivity contribution in [3.05, 3.63) is 99.0 Å². The summed E-state index contributed by atoms with van der Waals surface area (Å²) in [5.74, 6) is -1.68. The Bertz CT molecular complexity index is 2080. The topological polar surface area (TPSA) is 188 Å². The highest BCUT2D eigenvalue weighted by atomic mass is 19.1. The van der Waals surface area contributed by atoms with Gasteiger partial charge in [0.25, 0.3) is 17.4 Å². The fourth-order valence-corrected chi connectivity index (χ4v) is 6.75. The van der Waals surface area contributed by atoms with E-state index >= 15 is 0 Å². The second-order valence-electron chi connectivity index (χ2n) is 13.5. The van der Waals surface area contributed by atoms with Crippen molar-refractivity contribution < 1.29 is 33.0 Å². The van der Waals surface area contributed by atoms with Crippen LogP contribution in [0.25, 0.3) is 10.8 Å². The van der Waals surface area contributed by atoms with Crippen molar-refractivity contribution in [1.29, 1.82) is 0 Å². The van der Waals surface area contributed by atoms with Gasteiger partial charge in [0.05, 0.1) is 42.1 Å². The summed E-state index contributed by atoms with van der Waals surface area (Å²) in [5, 5.41) is 16.4. The van der Waals surface area contributed by atoms with Crippen molar-refractivity contribution in [3.63, 3.8) is 0 Å². The van der Waals surface area contributed by atoms with Gasteiger partial charge >= 0.3 is 0 Å². The molecule has 0 radical (unpaired) electrons. The van der Waals surface area contributed by atoms with E-state index in [-0.39, 0.29) is 67.3 Å². The second-order valence-corrected chi connectivity index (χ2v) is 13.5. The fraction of sp³-hybridized carbons (Fsp3) is 0.410. The third-order valence-corrected chi connectivity index (χ3v) is 9.69. The molecule has 4 heterocycles. The summed E-state index contributed by atoms with van der Waals surface area (Å²) in [6.45, 7) is 5.11. The van der Waals surface area contributed by atoms with Crippen LogP contribution in [-0.4, -0.2) is 121 Å². The predicted molar refractivity (Wildman–Crippen MR) is 201 cm³/mol. The first kappa shape index (κ1) is 39.1. The van der Waals surface area contributed by atoms with Crippen molar-refractivity contribution in [2.24, 2.45) is 0 Å². The summed E-state index contributed by atoms with van der Waals surface area (Å²) < 4.78 is 25.9. The number of aromatic amines is 1. The molecule has 2 fully saturated rings. The maximum absolute atomic E-state index is 14.9. The monoisotopic (exact) mass is 756 g/mol. The first-order chi connectivity index (χ1) is 26.7. The van der Waals surface area contributed by atoms with Crippen molar-refractivity contribution in [2.75, 3.05) is 77.6 Å². The zero-order valence-corrected chi connectivity index (χ0v) is 30.7. The lowest BCUT2D eigenvalue weighted by atomic mass is 9.92.